The average molecular weight is 376 g/mol. The van der Waals surface area contributed by atoms with E-state index in [0.717, 1.165) is 16.8 Å². The SMILES string of the molecule is CCOC(=O)c1ccc(Oc2nc(-c3ccccc3)nc(C)c2C(C)C)cc1. The Hall–Kier alpha value is -3.21. The maximum Gasteiger partial charge on any atom is 0.338 e. The molecule has 1 heterocycles. The maximum absolute atomic E-state index is 11.8. The van der Waals surface area contributed by atoms with Crippen LogP contribution in [0.4, 0.5) is 0 Å². The first-order valence-electron chi connectivity index (χ1n) is 9.38. The first-order chi connectivity index (χ1) is 13.5. The number of esters is 1. The van der Waals surface area contributed by atoms with Crippen molar-refractivity contribution in [1.29, 1.82) is 0 Å². The van der Waals surface area contributed by atoms with Gasteiger partial charge >= 0.3 is 5.97 Å². The summed E-state index contributed by atoms with van der Waals surface area (Å²) in [7, 11) is 0. The van der Waals surface area contributed by atoms with Crippen LogP contribution in [0.3, 0.4) is 0 Å². The molecule has 144 valence electrons. The molecular formula is C23H24N2O3. The summed E-state index contributed by atoms with van der Waals surface area (Å²) in [5, 5.41) is 0. The van der Waals surface area contributed by atoms with E-state index in [0.29, 0.717) is 29.6 Å². The molecule has 0 saturated carbocycles. The monoisotopic (exact) mass is 376 g/mol. The Labute approximate surface area is 165 Å². The Kier molecular flexibility index (Phi) is 6.04. The molecule has 0 radical (unpaired) electrons. The number of carbonyl (C=O) groups is 1. The summed E-state index contributed by atoms with van der Waals surface area (Å²) in [5.41, 5.74) is 3.28. The van der Waals surface area contributed by atoms with Gasteiger partial charge in [-0.25, -0.2) is 9.78 Å². The number of nitrogens with zero attached hydrogens (tertiary/aromatic N) is 2. The second-order valence-electron chi connectivity index (χ2n) is 6.72. The molecule has 0 atom stereocenters. The second-order valence-corrected chi connectivity index (χ2v) is 6.72. The summed E-state index contributed by atoms with van der Waals surface area (Å²) in [6, 6.07) is 16.7. The minimum absolute atomic E-state index is 0.207. The number of hydrogen-bond acceptors (Lipinski definition) is 5. The van der Waals surface area contributed by atoms with Crippen molar-refractivity contribution in [3.05, 3.63) is 71.4 Å². The summed E-state index contributed by atoms with van der Waals surface area (Å²) in [6.07, 6.45) is 0. The van der Waals surface area contributed by atoms with Gasteiger partial charge in [-0.2, -0.15) is 4.98 Å². The quantitative estimate of drug-likeness (QED) is 0.528. The zero-order valence-corrected chi connectivity index (χ0v) is 16.6. The van der Waals surface area contributed by atoms with Crippen molar-refractivity contribution < 1.29 is 14.3 Å². The minimum Gasteiger partial charge on any atom is -0.462 e. The van der Waals surface area contributed by atoms with Crippen molar-refractivity contribution in [2.45, 2.75) is 33.6 Å². The summed E-state index contributed by atoms with van der Waals surface area (Å²) < 4.78 is 11.1. The Morgan fingerprint density at radius 2 is 1.68 bits per heavy atom. The van der Waals surface area contributed by atoms with Gasteiger partial charge in [0, 0.05) is 16.8 Å². The van der Waals surface area contributed by atoms with E-state index in [-0.39, 0.29) is 11.9 Å². The zero-order chi connectivity index (χ0) is 20.1. The first-order valence-corrected chi connectivity index (χ1v) is 9.38. The molecular weight excluding hydrogens is 352 g/mol. The van der Waals surface area contributed by atoms with Gasteiger partial charge in [-0.05, 0) is 44.0 Å². The minimum atomic E-state index is -0.346. The van der Waals surface area contributed by atoms with E-state index in [1.165, 1.54) is 0 Å². The van der Waals surface area contributed by atoms with Crippen LogP contribution < -0.4 is 4.74 Å². The third-order valence-electron chi connectivity index (χ3n) is 4.29. The van der Waals surface area contributed by atoms with Crippen molar-refractivity contribution in [3.63, 3.8) is 0 Å². The molecule has 0 aliphatic carbocycles. The smallest absolute Gasteiger partial charge is 0.338 e. The molecule has 0 bridgehead atoms. The standard InChI is InChI=1S/C23H24N2O3/c1-5-27-23(26)18-11-13-19(14-12-18)28-22-20(15(2)3)16(4)24-21(25-22)17-9-7-6-8-10-17/h6-15H,5H2,1-4H3. The molecule has 0 N–H and O–H groups in total. The molecule has 2 aromatic carbocycles. The van der Waals surface area contributed by atoms with Crippen LogP contribution in [0.1, 0.15) is 48.3 Å². The lowest BCUT2D eigenvalue weighted by molar-refractivity contribution is 0.0526. The van der Waals surface area contributed by atoms with Gasteiger partial charge in [-0.3, -0.25) is 0 Å². The van der Waals surface area contributed by atoms with E-state index in [1.54, 1.807) is 31.2 Å². The Morgan fingerprint density at radius 1 is 1.00 bits per heavy atom. The van der Waals surface area contributed by atoms with Gasteiger partial charge in [0.1, 0.15) is 5.75 Å². The highest BCUT2D eigenvalue weighted by atomic mass is 16.5. The van der Waals surface area contributed by atoms with Crippen molar-refractivity contribution in [3.8, 4) is 23.0 Å². The van der Waals surface area contributed by atoms with Crippen LogP contribution in [0.15, 0.2) is 54.6 Å². The number of aryl methyl sites for hydroxylation is 1. The Balaban J connectivity index is 1.96. The normalized spacial score (nSPS) is 10.8. The van der Waals surface area contributed by atoms with Gasteiger partial charge in [0.25, 0.3) is 0 Å². The lowest BCUT2D eigenvalue weighted by Crippen LogP contribution is -2.06. The van der Waals surface area contributed by atoms with E-state index in [9.17, 15) is 4.79 Å². The maximum atomic E-state index is 11.8. The second kappa shape index (κ2) is 8.65. The average Bonchev–Trinajstić information content (AvgIpc) is 2.68. The first kappa shape index (κ1) is 19.5. The molecule has 3 rings (SSSR count). The third kappa shape index (κ3) is 4.36. The van der Waals surface area contributed by atoms with Crippen LogP contribution in [0.5, 0.6) is 11.6 Å². The number of aromatic nitrogens is 2. The number of carbonyl (C=O) groups excluding carboxylic acids is 1. The highest BCUT2D eigenvalue weighted by Gasteiger charge is 2.18. The van der Waals surface area contributed by atoms with E-state index in [1.807, 2.05) is 37.3 Å². The summed E-state index contributed by atoms with van der Waals surface area (Å²) >= 11 is 0. The van der Waals surface area contributed by atoms with Gasteiger partial charge in [0.2, 0.25) is 5.88 Å². The zero-order valence-electron chi connectivity index (χ0n) is 16.6. The summed E-state index contributed by atoms with van der Waals surface area (Å²) in [4.78, 5) is 21.2. The predicted molar refractivity (Wildman–Crippen MR) is 109 cm³/mol. The van der Waals surface area contributed by atoms with Gasteiger partial charge in [0.05, 0.1) is 12.2 Å². The predicted octanol–water partition coefficient (Wildman–Crippen LogP) is 5.54. The molecule has 5 nitrogen and oxygen atoms in total. The van der Waals surface area contributed by atoms with Crippen LogP contribution >= 0.6 is 0 Å². The van der Waals surface area contributed by atoms with Crippen LogP contribution in [-0.2, 0) is 4.74 Å². The molecule has 5 heteroatoms. The molecule has 0 aliphatic rings. The van der Waals surface area contributed by atoms with Crippen LogP contribution in [-0.4, -0.2) is 22.5 Å². The van der Waals surface area contributed by atoms with Crippen molar-refractivity contribution in [2.75, 3.05) is 6.61 Å². The van der Waals surface area contributed by atoms with Crippen LogP contribution in [0, 0.1) is 6.92 Å². The highest BCUT2D eigenvalue weighted by Crippen LogP contribution is 2.33. The molecule has 0 fully saturated rings. The molecule has 28 heavy (non-hydrogen) atoms. The fourth-order valence-corrected chi connectivity index (χ4v) is 3.00. The van der Waals surface area contributed by atoms with Gasteiger partial charge in [-0.1, -0.05) is 44.2 Å². The largest absolute Gasteiger partial charge is 0.462 e. The molecule has 3 aromatic rings. The van der Waals surface area contributed by atoms with E-state index < -0.39 is 0 Å². The van der Waals surface area contributed by atoms with E-state index >= 15 is 0 Å². The number of hydrogen-bond donors (Lipinski definition) is 0. The lowest BCUT2D eigenvalue weighted by atomic mass is 10.0. The van der Waals surface area contributed by atoms with Crippen molar-refractivity contribution in [1.82, 2.24) is 9.97 Å². The summed E-state index contributed by atoms with van der Waals surface area (Å²) in [6.45, 7) is 8.28. The molecule has 0 aliphatic heterocycles. The molecule has 0 saturated heterocycles. The lowest BCUT2D eigenvalue weighted by Gasteiger charge is -2.16. The summed E-state index contributed by atoms with van der Waals surface area (Å²) in [5.74, 6) is 1.62. The number of benzene rings is 2. The number of rotatable bonds is 6. The molecule has 1 aromatic heterocycles. The van der Waals surface area contributed by atoms with E-state index in [2.05, 4.69) is 23.8 Å². The van der Waals surface area contributed by atoms with Crippen LogP contribution in [0.2, 0.25) is 0 Å². The fraction of sp³-hybridized carbons (Fsp3) is 0.261. The topological polar surface area (TPSA) is 61.3 Å². The van der Waals surface area contributed by atoms with Gasteiger partial charge in [-0.15, -0.1) is 0 Å². The third-order valence-corrected chi connectivity index (χ3v) is 4.29. The highest BCUT2D eigenvalue weighted by molar-refractivity contribution is 5.89. The fourth-order valence-electron chi connectivity index (χ4n) is 3.00. The van der Waals surface area contributed by atoms with E-state index in [4.69, 9.17) is 9.47 Å². The van der Waals surface area contributed by atoms with Crippen molar-refractivity contribution >= 4 is 5.97 Å². The molecule has 0 amide bonds. The van der Waals surface area contributed by atoms with Crippen LogP contribution in [0.25, 0.3) is 11.4 Å². The van der Waals surface area contributed by atoms with Crippen molar-refractivity contribution in [2.24, 2.45) is 0 Å². The number of ether oxygens (including phenoxy) is 2. The van der Waals surface area contributed by atoms with Gasteiger partial charge < -0.3 is 9.47 Å². The molecule has 0 spiro atoms. The molecule has 0 unspecified atom stereocenters. The Morgan fingerprint density at radius 3 is 2.29 bits per heavy atom. The Bertz CT molecular complexity index is 952. The van der Waals surface area contributed by atoms with Gasteiger partial charge in [0.15, 0.2) is 5.82 Å².